The first-order chi connectivity index (χ1) is 12.7. The van der Waals surface area contributed by atoms with E-state index in [0.29, 0.717) is 22.3 Å². The fourth-order valence-electron chi connectivity index (χ4n) is 1.60. The zero-order valence-electron chi connectivity index (χ0n) is 17.8. The molecule has 28 heavy (non-hydrogen) atoms. The van der Waals surface area contributed by atoms with Crippen molar-refractivity contribution in [1.29, 1.82) is 0 Å². The second-order valence-corrected chi connectivity index (χ2v) is 6.46. The summed E-state index contributed by atoms with van der Waals surface area (Å²) >= 11 is 0. The van der Waals surface area contributed by atoms with Gasteiger partial charge in [0.1, 0.15) is 0 Å². The summed E-state index contributed by atoms with van der Waals surface area (Å²) in [5, 5.41) is 4.91. The van der Waals surface area contributed by atoms with Crippen molar-refractivity contribution in [2.24, 2.45) is 0 Å². The normalized spacial score (nSPS) is 9.07. The zero-order chi connectivity index (χ0) is 22.6. The van der Waals surface area contributed by atoms with Gasteiger partial charge in [0.2, 0.25) is 23.6 Å². The van der Waals surface area contributed by atoms with Crippen LogP contribution in [0.1, 0.15) is 27.7 Å². The first-order valence-corrected chi connectivity index (χ1v) is 8.41. The van der Waals surface area contributed by atoms with E-state index in [9.17, 15) is 19.2 Å². The maximum Gasteiger partial charge on any atom is 0.250 e. The average molecular weight is 393 g/mol. The summed E-state index contributed by atoms with van der Waals surface area (Å²) in [5.74, 6) is -0.892. The van der Waals surface area contributed by atoms with Crippen LogP contribution in [0.4, 0.5) is 0 Å². The van der Waals surface area contributed by atoms with Crippen molar-refractivity contribution in [2.45, 2.75) is 27.7 Å². The van der Waals surface area contributed by atoms with Gasteiger partial charge >= 0.3 is 0 Å². The van der Waals surface area contributed by atoms with Gasteiger partial charge in [0.25, 0.3) is 0 Å². The molecule has 0 aromatic heterocycles. The number of carbonyl (C=O) groups excluding carboxylic acids is 4. The van der Waals surface area contributed by atoms with Crippen molar-refractivity contribution >= 4 is 23.6 Å². The van der Waals surface area contributed by atoms with E-state index in [1.54, 1.807) is 41.8 Å². The SMILES string of the molecule is C=C(C)C(=O)N(C)CN(C)C(=O)C(=C)C.C=C(C)C(=O)NCNC(=O)C(=C)C. The molecule has 0 spiro atoms. The molecule has 8 heteroatoms. The lowest BCUT2D eigenvalue weighted by Gasteiger charge is -2.24. The summed E-state index contributed by atoms with van der Waals surface area (Å²) < 4.78 is 0. The Morgan fingerprint density at radius 3 is 1.14 bits per heavy atom. The van der Waals surface area contributed by atoms with E-state index in [0.717, 1.165) is 0 Å². The topological polar surface area (TPSA) is 98.8 Å². The maximum absolute atomic E-state index is 11.4. The van der Waals surface area contributed by atoms with Crippen molar-refractivity contribution in [3.8, 4) is 0 Å². The first kappa shape index (κ1) is 27.1. The molecule has 0 rings (SSSR count). The molecule has 0 saturated heterocycles. The van der Waals surface area contributed by atoms with Gasteiger partial charge in [0.15, 0.2) is 0 Å². The number of nitrogens with one attached hydrogen (secondary N) is 2. The summed E-state index contributed by atoms with van der Waals surface area (Å²) in [6, 6.07) is 0. The molecule has 0 bridgehead atoms. The van der Waals surface area contributed by atoms with Crippen LogP contribution in [0.15, 0.2) is 48.6 Å². The lowest BCUT2D eigenvalue weighted by Crippen LogP contribution is -2.40. The standard InChI is InChI=1S/C11H18N2O2.C9H14N2O2/c1-8(2)10(14)12(5)7-13(6)11(15)9(3)4;1-6(2)8(12)10-5-11-9(13)7(3)4/h1,3,7H2,2,4-6H3;1,3,5H2,2,4H3,(H,10,12)(H,11,13). The minimum Gasteiger partial charge on any atom is -0.335 e. The Morgan fingerprint density at radius 1 is 0.643 bits per heavy atom. The summed E-state index contributed by atoms with van der Waals surface area (Å²) in [4.78, 5) is 47.6. The number of hydrogen-bond donors (Lipinski definition) is 2. The molecular weight excluding hydrogens is 360 g/mol. The molecule has 0 aromatic carbocycles. The molecular formula is C20H32N4O4. The van der Waals surface area contributed by atoms with Gasteiger partial charge in [0.05, 0.1) is 13.3 Å². The highest BCUT2D eigenvalue weighted by Gasteiger charge is 2.15. The third-order valence-electron chi connectivity index (χ3n) is 3.12. The van der Waals surface area contributed by atoms with Crippen LogP contribution in [0.2, 0.25) is 0 Å². The van der Waals surface area contributed by atoms with E-state index in [2.05, 4.69) is 36.9 Å². The smallest absolute Gasteiger partial charge is 0.250 e. The highest BCUT2D eigenvalue weighted by atomic mass is 16.2. The minimum atomic E-state index is -0.276. The molecule has 0 heterocycles. The number of rotatable bonds is 8. The molecule has 0 saturated carbocycles. The van der Waals surface area contributed by atoms with Crippen molar-refractivity contribution < 1.29 is 19.2 Å². The van der Waals surface area contributed by atoms with Gasteiger partial charge in [-0.1, -0.05) is 26.3 Å². The van der Waals surface area contributed by atoms with Gasteiger partial charge in [0, 0.05) is 36.4 Å². The van der Waals surface area contributed by atoms with Gasteiger partial charge in [-0.25, -0.2) is 0 Å². The molecule has 4 amide bonds. The molecule has 8 nitrogen and oxygen atoms in total. The lowest BCUT2D eigenvalue weighted by atomic mass is 10.3. The van der Waals surface area contributed by atoms with Gasteiger partial charge in [-0.05, 0) is 27.7 Å². The van der Waals surface area contributed by atoms with Crippen molar-refractivity contribution in [1.82, 2.24) is 20.4 Å². The monoisotopic (exact) mass is 392 g/mol. The zero-order valence-corrected chi connectivity index (χ0v) is 17.8. The predicted molar refractivity (Wildman–Crippen MR) is 111 cm³/mol. The minimum absolute atomic E-state index is 0.0946. The summed E-state index contributed by atoms with van der Waals surface area (Å²) in [6.45, 7) is 20.8. The van der Waals surface area contributed by atoms with E-state index < -0.39 is 0 Å². The molecule has 156 valence electrons. The molecule has 0 radical (unpaired) electrons. The third-order valence-corrected chi connectivity index (χ3v) is 3.12. The Labute approximate surface area is 167 Å². The number of amides is 4. The van der Waals surface area contributed by atoms with Gasteiger partial charge in [-0.15, -0.1) is 0 Å². The highest BCUT2D eigenvalue weighted by molar-refractivity contribution is 5.94. The number of likely N-dealkylation sites (N-methyl/N-ethyl adjacent to an activating group) is 2. The molecule has 0 aliphatic rings. The van der Waals surface area contributed by atoms with Crippen LogP contribution >= 0.6 is 0 Å². The number of hydrogen-bond acceptors (Lipinski definition) is 4. The molecule has 0 atom stereocenters. The quantitative estimate of drug-likeness (QED) is 0.481. The van der Waals surface area contributed by atoms with Crippen LogP contribution < -0.4 is 10.6 Å². The molecule has 0 aromatic rings. The van der Waals surface area contributed by atoms with E-state index in [1.807, 2.05) is 0 Å². The van der Waals surface area contributed by atoms with Crippen LogP contribution in [0.5, 0.6) is 0 Å². The van der Waals surface area contributed by atoms with Crippen molar-refractivity contribution in [3.63, 3.8) is 0 Å². The largest absolute Gasteiger partial charge is 0.335 e. The van der Waals surface area contributed by atoms with Gasteiger partial charge < -0.3 is 20.4 Å². The molecule has 0 fully saturated rings. The number of nitrogens with zero attached hydrogens (tertiary/aromatic N) is 2. The van der Waals surface area contributed by atoms with Crippen molar-refractivity contribution in [3.05, 3.63) is 48.6 Å². The Bertz CT molecular complexity index is 624. The Kier molecular flexibility index (Phi) is 12.6. The van der Waals surface area contributed by atoms with Crippen LogP contribution in [-0.4, -0.2) is 60.9 Å². The van der Waals surface area contributed by atoms with E-state index in [1.165, 1.54) is 9.80 Å². The highest BCUT2D eigenvalue weighted by Crippen LogP contribution is 2.00. The fourth-order valence-corrected chi connectivity index (χ4v) is 1.60. The molecule has 0 aliphatic carbocycles. The van der Waals surface area contributed by atoms with Crippen LogP contribution in [0, 0.1) is 0 Å². The van der Waals surface area contributed by atoms with Crippen molar-refractivity contribution in [2.75, 3.05) is 27.4 Å². The van der Waals surface area contributed by atoms with Crippen LogP contribution in [0.3, 0.4) is 0 Å². The van der Waals surface area contributed by atoms with Gasteiger partial charge in [-0.3, -0.25) is 19.2 Å². The summed E-state index contributed by atoms with van der Waals surface area (Å²) in [7, 11) is 3.25. The lowest BCUT2D eigenvalue weighted by molar-refractivity contribution is -0.133. The molecule has 0 unspecified atom stereocenters. The van der Waals surface area contributed by atoms with Gasteiger partial charge in [-0.2, -0.15) is 0 Å². The Morgan fingerprint density at radius 2 is 0.929 bits per heavy atom. The van der Waals surface area contributed by atoms with Crippen LogP contribution in [-0.2, 0) is 19.2 Å². The first-order valence-electron chi connectivity index (χ1n) is 8.41. The fraction of sp³-hybridized carbons (Fsp3) is 0.400. The average Bonchev–Trinajstić information content (AvgIpc) is 2.59. The second kappa shape index (κ2) is 13.1. The van der Waals surface area contributed by atoms with Crippen LogP contribution in [0.25, 0.3) is 0 Å². The van der Waals surface area contributed by atoms with E-state index in [-0.39, 0.29) is 37.0 Å². The molecule has 2 N–H and O–H groups in total. The summed E-state index contributed by atoms with van der Waals surface area (Å²) in [6.07, 6.45) is 0. The van der Waals surface area contributed by atoms with E-state index in [4.69, 9.17) is 0 Å². The third kappa shape index (κ3) is 11.5. The number of carbonyl (C=O) groups is 4. The Hall–Kier alpha value is -3.16. The summed E-state index contributed by atoms with van der Waals surface area (Å²) in [5.41, 5.74) is 1.72. The van der Waals surface area contributed by atoms with E-state index >= 15 is 0 Å². The maximum atomic E-state index is 11.4. The predicted octanol–water partition coefficient (Wildman–Crippen LogP) is 1.34. The Balaban J connectivity index is 0. The molecule has 0 aliphatic heterocycles. The second-order valence-electron chi connectivity index (χ2n) is 6.46.